The number of rotatable bonds is 4. The molecule has 0 bridgehead atoms. The first kappa shape index (κ1) is 19.5. The fourth-order valence-corrected chi connectivity index (χ4v) is 3.48. The molecule has 2 aromatic carbocycles. The molecular weight excluding hydrogens is 403 g/mol. The number of hydrogen-bond donors (Lipinski definition) is 1. The van der Waals surface area contributed by atoms with Crippen molar-refractivity contribution >= 4 is 64.0 Å². The monoisotopic (exact) mass is 418 g/mol. The van der Waals surface area contributed by atoms with Crippen molar-refractivity contribution in [1.29, 1.82) is 0 Å². The molecule has 0 spiro atoms. The van der Waals surface area contributed by atoms with E-state index in [0.717, 1.165) is 11.3 Å². The molecule has 1 N–H and O–H groups in total. The molecule has 0 aromatic heterocycles. The molecule has 1 fully saturated rings. The average molecular weight is 419 g/mol. The van der Waals surface area contributed by atoms with Gasteiger partial charge in [-0.1, -0.05) is 41.4 Å². The summed E-state index contributed by atoms with van der Waals surface area (Å²) >= 11 is 13.2. The lowest BCUT2D eigenvalue weighted by Gasteiger charge is -2.11. The first-order valence-corrected chi connectivity index (χ1v) is 9.54. The largest absolute Gasteiger partial charge is 0.378 e. The number of nitrogens with one attached hydrogen (secondary N) is 1. The third-order valence-electron chi connectivity index (χ3n) is 3.67. The molecule has 5 nitrogen and oxygen atoms in total. The summed E-state index contributed by atoms with van der Waals surface area (Å²) in [6, 6.07) is 13.0. The molecule has 3 rings (SSSR count). The Morgan fingerprint density at radius 1 is 1.11 bits per heavy atom. The minimum absolute atomic E-state index is 0.199. The van der Waals surface area contributed by atoms with Crippen molar-refractivity contribution in [3.8, 4) is 0 Å². The van der Waals surface area contributed by atoms with E-state index in [4.69, 9.17) is 23.2 Å². The number of anilines is 1. The minimum Gasteiger partial charge on any atom is -0.378 e. The summed E-state index contributed by atoms with van der Waals surface area (Å²) in [6.07, 6.45) is 3.34. The molecule has 0 aliphatic carbocycles. The Bertz CT molecular complexity index is 953. The van der Waals surface area contributed by atoms with E-state index in [0.29, 0.717) is 25.7 Å². The molecule has 0 unspecified atom stereocenters. The van der Waals surface area contributed by atoms with E-state index in [2.05, 4.69) is 15.5 Å². The molecule has 8 heteroatoms. The summed E-state index contributed by atoms with van der Waals surface area (Å²) in [5.74, 6) is -0.199. The maximum Gasteiger partial charge on any atom is 0.264 e. The number of amidine groups is 1. The van der Waals surface area contributed by atoms with Gasteiger partial charge in [-0.15, -0.1) is 5.10 Å². The Morgan fingerprint density at radius 3 is 2.52 bits per heavy atom. The number of thioether (sulfide) groups is 1. The number of carbonyl (C=O) groups is 1. The number of halogens is 2. The van der Waals surface area contributed by atoms with Crippen molar-refractivity contribution in [3.63, 3.8) is 0 Å². The first-order valence-electron chi connectivity index (χ1n) is 7.97. The molecule has 0 saturated carbocycles. The molecule has 1 aliphatic heterocycles. The van der Waals surface area contributed by atoms with Crippen molar-refractivity contribution in [2.75, 3.05) is 19.0 Å². The van der Waals surface area contributed by atoms with Gasteiger partial charge in [0.05, 0.1) is 16.1 Å². The summed E-state index contributed by atoms with van der Waals surface area (Å²) in [5, 5.41) is 12.2. The Kier molecular flexibility index (Phi) is 6.21. The van der Waals surface area contributed by atoms with Crippen LogP contribution in [-0.2, 0) is 4.79 Å². The number of amides is 1. The molecule has 1 amide bonds. The predicted octanol–water partition coefficient (Wildman–Crippen LogP) is 4.65. The average Bonchev–Trinajstić information content (AvgIpc) is 2.97. The summed E-state index contributed by atoms with van der Waals surface area (Å²) in [5.41, 5.74) is 2.73. The third kappa shape index (κ3) is 5.13. The van der Waals surface area contributed by atoms with Crippen LogP contribution in [0.25, 0.3) is 6.08 Å². The molecule has 138 valence electrons. The van der Waals surface area contributed by atoms with Crippen molar-refractivity contribution in [1.82, 2.24) is 5.32 Å². The Balaban J connectivity index is 1.70. The Labute approximate surface area is 171 Å². The van der Waals surface area contributed by atoms with Crippen LogP contribution in [0.15, 0.2) is 57.6 Å². The van der Waals surface area contributed by atoms with Crippen LogP contribution in [0.4, 0.5) is 5.69 Å². The lowest BCUT2D eigenvalue weighted by Crippen LogP contribution is -2.19. The number of carbonyl (C=O) groups excluding carboxylic acids is 1. The van der Waals surface area contributed by atoms with E-state index in [1.807, 2.05) is 49.3 Å². The van der Waals surface area contributed by atoms with Crippen molar-refractivity contribution < 1.29 is 4.79 Å². The van der Waals surface area contributed by atoms with Crippen molar-refractivity contribution in [2.45, 2.75) is 0 Å². The Hall–Kier alpha value is -2.28. The molecular formula is C19H16Cl2N4OS. The van der Waals surface area contributed by atoms with E-state index in [9.17, 15) is 4.79 Å². The van der Waals surface area contributed by atoms with Gasteiger partial charge in [0, 0.05) is 30.4 Å². The standard InChI is InChI=1S/C19H16Cl2N4OS/c1-25(2)15-7-3-12(4-8-15)9-17-18(26)23-19(27-17)24-22-11-13-5-6-14(20)10-16(13)21/h3-11H,1-2H3,(H,23,24,26)/b17-9+,22-11-. The number of hydrogen-bond acceptors (Lipinski definition) is 5. The van der Waals surface area contributed by atoms with Gasteiger partial charge in [-0.2, -0.15) is 5.10 Å². The second kappa shape index (κ2) is 8.61. The van der Waals surface area contributed by atoms with E-state index in [1.165, 1.54) is 18.0 Å². The topological polar surface area (TPSA) is 57.1 Å². The van der Waals surface area contributed by atoms with Crippen LogP contribution >= 0.6 is 35.0 Å². The van der Waals surface area contributed by atoms with Crippen LogP contribution in [0, 0.1) is 0 Å². The second-order valence-corrected chi connectivity index (χ2v) is 7.74. The fourth-order valence-electron chi connectivity index (χ4n) is 2.24. The lowest BCUT2D eigenvalue weighted by molar-refractivity contribution is -0.115. The zero-order valence-electron chi connectivity index (χ0n) is 14.6. The summed E-state index contributed by atoms with van der Waals surface area (Å²) in [7, 11) is 3.96. The van der Waals surface area contributed by atoms with E-state index >= 15 is 0 Å². The van der Waals surface area contributed by atoms with Crippen molar-refractivity contribution in [3.05, 3.63) is 68.5 Å². The minimum atomic E-state index is -0.199. The normalized spacial score (nSPS) is 17.1. The van der Waals surface area contributed by atoms with Crippen LogP contribution in [0.2, 0.25) is 10.0 Å². The van der Waals surface area contributed by atoms with Gasteiger partial charge in [0.1, 0.15) is 0 Å². The Morgan fingerprint density at radius 2 is 1.85 bits per heavy atom. The zero-order valence-corrected chi connectivity index (χ0v) is 16.9. The van der Waals surface area contributed by atoms with Crippen LogP contribution in [0.5, 0.6) is 0 Å². The first-order chi connectivity index (χ1) is 12.9. The van der Waals surface area contributed by atoms with Gasteiger partial charge in [0.2, 0.25) is 0 Å². The van der Waals surface area contributed by atoms with Gasteiger partial charge in [-0.3, -0.25) is 10.1 Å². The van der Waals surface area contributed by atoms with Crippen LogP contribution in [0.1, 0.15) is 11.1 Å². The molecule has 2 aromatic rings. The smallest absolute Gasteiger partial charge is 0.264 e. The summed E-state index contributed by atoms with van der Waals surface area (Å²) in [6.45, 7) is 0. The van der Waals surface area contributed by atoms with Gasteiger partial charge in [0.15, 0.2) is 5.17 Å². The highest BCUT2D eigenvalue weighted by molar-refractivity contribution is 8.18. The van der Waals surface area contributed by atoms with Crippen LogP contribution < -0.4 is 10.2 Å². The predicted molar refractivity (Wildman–Crippen MR) is 116 cm³/mol. The highest BCUT2D eigenvalue weighted by atomic mass is 35.5. The van der Waals surface area contributed by atoms with Crippen molar-refractivity contribution in [2.24, 2.45) is 10.2 Å². The zero-order chi connectivity index (χ0) is 19.4. The quantitative estimate of drug-likeness (QED) is 0.446. The van der Waals surface area contributed by atoms with Gasteiger partial charge in [-0.05, 0) is 47.7 Å². The second-order valence-electron chi connectivity index (χ2n) is 5.87. The molecule has 1 aliphatic rings. The van der Waals surface area contributed by atoms with Gasteiger partial charge >= 0.3 is 0 Å². The van der Waals surface area contributed by atoms with Crippen LogP contribution in [0.3, 0.4) is 0 Å². The molecule has 1 heterocycles. The van der Waals surface area contributed by atoms with E-state index in [-0.39, 0.29) is 5.91 Å². The fraction of sp³-hybridized carbons (Fsp3) is 0.105. The maximum atomic E-state index is 12.1. The summed E-state index contributed by atoms with van der Waals surface area (Å²) in [4.78, 5) is 14.7. The highest BCUT2D eigenvalue weighted by Crippen LogP contribution is 2.26. The molecule has 0 radical (unpaired) electrons. The molecule has 1 saturated heterocycles. The maximum absolute atomic E-state index is 12.1. The van der Waals surface area contributed by atoms with Gasteiger partial charge in [0.25, 0.3) is 5.91 Å². The van der Waals surface area contributed by atoms with Gasteiger partial charge in [-0.25, -0.2) is 0 Å². The third-order valence-corrected chi connectivity index (χ3v) is 5.13. The van der Waals surface area contributed by atoms with E-state index in [1.54, 1.807) is 18.2 Å². The SMILES string of the molecule is CN(C)c1ccc(/C=C2/S/C(=N\N=C/c3ccc(Cl)cc3Cl)NC2=O)cc1. The van der Waals surface area contributed by atoms with Gasteiger partial charge < -0.3 is 4.90 Å². The van der Waals surface area contributed by atoms with Crippen LogP contribution in [-0.4, -0.2) is 31.4 Å². The highest BCUT2D eigenvalue weighted by Gasteiger charge is 2.23. The lowest BCUT2D eigenvalue weighted by atomic mass is 10.2. The van der Waals surface area contributed by atoms with E-state index < -0.39 is 0 Å². The molecule has 27 heavy (non-hydrogen) atoms. The number of nitrogens with zero attached hydrogens (tertiary/aromatic N) is 3. The number of benzene rings is 2. The molecule has 0 atom stereocenters. The summed E-state index contributed by atoms with van der Waals surface area (Å²) < 4.78 is 0.